The SMILES string of the molecule is COC(=O)N1CC[C@@](C)(C(=O)O)C(=O)C1. The summed E-state index contributed by atoms with van der Waals surface area (Å²) in [5.41, 5.74) is -1.37. The maximum atomic E-state index is 11.6. The number of likely N-dealkylation sites (tertiary alicyclic amines) is 1. The summed E-state index contributed by atoms with van der Waals surface area (Å²) >= 11 is 0. The number of methoxy groups -OCH3 is 1. The van der Waals surface area contributed by atoms with E-state index in [1.807, 2.05) is 0 Å². The molecule has 0 saturated carbocycles. The molecular weight excluding hydrogens is 202 g/mol. The van der Waals surface area contributed by atoms with E-state index in [-0.39, 0.29) is 19.5 Å². The Labute approximate surface area is 86.8 Å². The van der Waals surface area contributed by atoms with E-state index in [2.05, 4.69) is 4.74 Å². The maximum absolute atomic E-state index is 11.6. The zero-order valence-corrected chi connectivity index (χ0v) is 8.65. The average molecular weight is 215 g/mol. The second-order valence-electron chi connectivity index (χ2n) is 3.70. The number of hydrogen-bond acceptors (Lipinski definition) is 4. The molecule has 1 amide bonds. The van der Waals surface area contributed by atoms with Crippen LogP contribution in [0.5, 0.6) is 0 Å². The first-order valence-electron chi connectivity index (χ1n) is 4.51. The minimum absolute atomic E-state index is 0.121. The number of carbonyl (C=O) groups is 3. The highest BCUT2D eigenvalue weighted by molar-refractivity contribution is 6.05. The second-order valence-corrected chi connectivity index (χ2v) is 3.70. The zero-order chi connectivity index (χ0) is 11.6. The number of rotatable bonds is 1. The molecule has 6 nitrogen and oxygen atoms in total. The first-order chi connectivity index (χ1) is 6.91. The highest BCUT2D eigenvalue weighted by atomic mass is 16.5. The van der Waals surface area contributed by atoms with Crippen molar-refractivity contribution in [1.82, 2.24) is 4.90 Å². The van der Waals surface area contributed by atoms with Gasteiger partial charge in [0.2, 0.25) is 0 Å². The van der Waals surface area contributed by atoms with Crippen LogP contribution in [0.15, 0.2) is 0 Å². The summed E-state index contributed by atoms with van der Waals surface area (Å²) in [7, 11) is 1.22. The van der Waals surface area contributed by atoms with Crippen LogP contribution in [0.2, 0.25) is 0 Å². The predicted molar refractivity (Wildman–Crippen MR) is 49.3 cm³/mol. The summed E-state index contributed by atoms with van der Waals surface area (Å²) in [5.74, 6) is -1.61. The van der Waals surface area contributed by atoms with E-state index >= 15 is 0 Å². The molecule has 0 aromatic heterocycles. The summed E-state index contributed by atoms with van der Waals surface area (Å²) in [6.45, 7) is 1.41. The molecule has 0 bridgehead atoms. The van der Waals surface area contributed by atoms with Crippen LogP contribution in [-0.4, -0.2) is 48.1 Å². The van der Waals surface area contributed by atoms with Gasteiger partial charge in [-0.25, -0.2) is 4.79 Å². The highest BCUT2D eigenvalue weighted by Crippen LogP contribution is 2.28. The third-order valence-electron chi connectivity index (χ3n) is 2.74. The lowest BCUT2D eigenvalue weighted by Gasteiger charge is -2.34. The van der Waals surface area contributed by atoms with E-state index in [9.17, 15) is 14.4 Å². The number of nitrogens with zero attached hydrogens (tertiary/aromatic N) is 1. The van der Waals surface area contributed by atoms with Gasteiger partial charge >= 0.3 is 12.1 Å². The standard InChI is InChI=1S/C9H13NO5/c1-9(7(12)13)3-4-10(5-6(9)11)8(14)15-2/h3-5H2,1-2H3,(H,12,13)/t9-/m1/s1. The van der Waals surface area contributed by atoms with Crippen molar-refractivity contribution in [2.75, 3.05) is 20.2 Å². The maximum Gasteiger partial charge on any atom is 0.409 e. The predicted octanol–water partition coefficient (Wildman–Crippen LogP) is 0.118. The molecule has 1 N–H and O–H groups in total. The molecule has 6 heteroatoms. The molecular formula is C9H13NO5. The Morgan fingerprint density at radius 1 is 1.53 bits per heavy atom. The number of carboxylic acid groups (broad SMARTS) is 1. The third kappa shape index (κ3) is 1.93. The molecule has 0 spiro atoms. The fourth-order valence-electron chi connectivity index (χ4n) is 1.44. The van der Waals surface area contributed by atoms with E-state index in [1.54, 1.807) is 0 Å². The van der Waals surface area contributed by atoms with Crippen LogP contribution in [0.25, 0.3) is 0 Å². The molecule has 0 aliphatic carbocycles. The zero-order valence-electron chi connectivity index (χ0n) is 8.65. The second kappa shape index (κ2) is 3.88. The van der Waals surface area contributed by atoms with Crippen LogP contribution in [0.4, 0.5) is 4.79 Å². The third-order valence-corrected chi connectivity index (χ3v) is 2.74. The lowest BCUT2D eigenvalue weighted by Crippen LogP contribution is -2.52. The van der Waals surface area contributed by atoms with Crippen molar-refractivity contribution in [2.24, 2.45) is 5.41 Å². The monoisotopic (exact) mass is 215 g/mol. The molecule has 0 aromatic rings. The highest BCUT2D eigenvalue weighted by Gasteiger charge is 2.45. The van der Waals surface area contributed by atoms with E-state index in [0.29, 0.717) is 0 Å². The molecule has 15 heavy (non-hydrogen) atoms. The number of Topliss-reactive ketones (excluding diaryl/α,β-unsaturated/α-hetero) is 1. The number of aliphatic carboxylic acids is 1. The number of piperidine rings is 1. The van der Waals surface area contributed by atoms with Crippen molar-refractivity contribution >= 4 is 17.8 Å². The molecule has 1 atom stereocenters. The number of hydrogen-bond donors (Lipinski definition) is 1. The fourth-order valence-corrected chi connectivity index (χ4v) is 1.44. The Morgan fingerprint density at radius 2 is 2.13 bits per heavy atom. The normalized spacial score (nSPS) is 26.3. The Bertz CT molecular complexity index is 314. The number of amides is 1. The van der Waals surface area contributed by atoms with Gasteiger partial charge in [0.1, 0.15) is 5.41 Å². The van der Waals surface area contributed by atoms with Gasteiger partial charge in [-0.3, -0.25) is 9.59 Å². The van der Waals surface area contributed by atoms with Gasteiger partial charge in [-0.2, -0.15) is 0 Å². The first-order valence-corrected chi connectivity index (χ1v) is 4.51. The number of ketones is 1. The average Bonchev–Trinajstić information content (AvgIpc) is 2.20. The Balaban J connectivity index is 2.75. The molecule has 1 saturated heterocycles. The van der Waals surface area contributed by atoms with Gasteiger partial charge in [-0.15, -0.1) is 0 Å². The summed E-state index contributed by atoms with van der Waals surface area (Å²) in [4.78, 5) is 34.7. The van der Waals surface area contributed by atoms with Crippen LogP contribution in [0.1, 0.15) is 13.3 Å². The van der Waals surface area contributed by atoms with Gasteiger partial charge in [0.25, 0.3) is 0 Å². The molecule has 1 heterocycles. The smallest absolute Gasteiger partial charge is 0.409 e. The van der Waals surface area contributed by atoms with Crippen LogP contribution in [0.3, 0.4) is 0 Å². The Kier molecular flexibility index (Phi) is 2.97. The Morgan fingerprint density at radius 3 is 2.53 bits per heavy atom. The quantitative estimate of drug-likeness (QED) is 0.628. The number of carbonyl (C=O) groups excluding carboxylic acids is 2. The van der Waals surface area contributed by atoms with Gasteiger partial charge in [0.05, 0.1) is 13.7 Å². The van der Waals surface area contributed by atoms with E-state index in [0.717, 1.165) is 0 Å². The molecule has 1 fully saturated rings. The van der Waals surface area contributed by atoms with Crippen molar-refractivity contribution in [3.05, 3.63) is 0 Å². The molecule has 0 unspecified atom stereocenters. The van der Waals surface area contributed by atoms with Gasteiger partial charge in [0, 0.05) is 6.54 Å². The van der Waals surface area contributed by atoms with Crippen molar-refractivity contribution in [3.63, 3.8) is 0 Å². The van der Waals surface area contributed by atoms with Crippen LogP contribution in [0, 0.1) is 5.41 Å². The van der Waals surface area contributed by atoms with Crippen LogP contribution < -0.4 is 0 Å². The molecule has 84 valence electrons. The molecule has 1 aliphatic rings. The number of ether oxygens (including phenoxy) is 1. The summed E-state index contributed by atoms with van der Waals surface area (Å²) in [5, 5.41) is 8.89. The van der Waals surface area contributed by atoms with E-state index < -0.39 is 23.3 Å². The summed E-state index contributed by atoms with van der Waals surface area (Å²) in [6.07, 6.45) is -0.480. The molecule has 1 rings (SSSR count). The van der Waals surface area contributed by atoms with Crippen LogP contribution >= 0.6 is 0 Å². The Hall–Kier alpha value is -1.59. The largest absolute Gasteiger partial charge is 0.481 e. The number of carboxylic acids is 1. The molecule has 1 aliphatic heterocycles. The fraction of sp³-hybridized carbons (Fsp3) is 0.667. The van der Waals surface area contributed by atoms with Crippen molar-refractivity contribution in [2.45, 2.75) is 13.3 Å². The topological polar surface area (TPSA) is 83.9 Å². The molecule has 0 radical (unpaired) electrons. The first kappa shape index (κ1) is 11.5. The summed E-state index contributed by atoms with van der Waals surface area (Å²) in [6, 6.07) is 0. The van der Waals surface area contributed by atoms with E-state index in [4.69, 9.17) is 5.11 Å². The van der Waals surface area contributed by atoms with Gasteiger partial charge in [-0.1, -0.05) is 0 Å². The summed E-state index contributed by atoms with van der Waals surface area (Å²) < 4.78 is 4.45. The van der Waals surface area contributed by atoms with Gasteiger partial charge in [-0.05, 0) is 13.3 Å². The van der Waals surface area contributed by atoms with Gasteiger partial charge < -0.3 is 14.7 Å². The van der Waals surface area contributed by atoms with E-state index in [1.165, 1.54) is 18.9 Å². The van der Waals surface area contributed by atoms with Crippen molar-refractivity contribution in [1.29, 1.82) is 0 Å². The van der Waals surface area contributed by atoms with Gasteiger partial charge in [0.15, 0.2) is 5.78 Å². The molecule has 0 aromatic carbocycles. The minimum Gasteiger partial charge on any atom is -0.481 e. The van der Waals surface area contributed by atoms with Crippen molar-refractivity contribution < 1.29 is 24.2 Å². The minimum atomic E-state index is -1.37. The lowest BCUT2D eigenvalue weighted by molar-refractivity contribution is -0.156. The van der Waals surface area contributed by atoms with Crippen LogP contribution in [-0.2, 0) is 14.3 Å². The van der Waals surface area contributed by atoms with Crippen molar-refractivity contribution in [3.8, 4) is 0 Å². The lowest BCUT2D eigenvalue weighted by atomic mass is 9.79.